The Hall–Kier alpha value is -0.120. The Morgan fingerprint density at radius 2 is 2.42 bits per heavy atom. The summed E-state index contributed by atoms with van der Waals surface area (Å²) in [7, 11) is 0. The molecule has 3 unspecified atom stereocenters. The predicted octanol–water partition coefficient (Wildman–Crippen LogP) is 0.491. The molecule has 72 valence electrons. The minimum Gasteiger partial charge on any atom is -0.377 e. The van der Waals surface area contributed by atoms with Crippen LogP contribution >= 0.6 is 0 Å². The van der Waals surface area contributed by atoms with E-state index in [0.717, 1.165) is 19.4 Å². The van der Waals surface area contributed by atoms with Gasteiger partial charge in [0.25, 0.3) is 0 Å². The zero-order valence-corrected chi connectivity index (χ0v) is 8.05. The molecule has 1 aliphatic rings. The molecular formula is C9H20N2O. The summed E-state index contributed by atoms with van der Waals surface area (Å²) in [5.41, 5.74) is 5.60. The summed E-state index contributed by atoms with van der Waals surface area (Å²) in [6.07, 6.45) is 2.66. The maximum Gasteiger partial charge on any atom is 0.0618 e. The Kier molecular flexibility index (Phi) is 3.98. The van der Waals surface area contributed by atoms with Crippen molar-refractivity contribution in [2.45, 2.75) is 44.9 Å². The third-order valence-corrected chi connectivity index (χ3v) is 2.17. The minimum absolute atomic E-state index is 0.162. The second-order valence-electron chi connectivity index (χ2n) is 3.81. The van der Waals surface area contributed by atoms with Crippen molar-refractivity contribution in [1.82, 2.24) is 5.32 Å². The van der Waals surface area contributed by atoms with Crippen LogP contribution in [0.5, 0.6) is 0 Å². The Balaban J connectivity index is 2.14. The highest BCUT2D eigenvalue weighted by Crippen LogP contribution is 2.11. The van der Waals surface area contributed by atoms with E-state index in [1.165, 1.54) is 0 Å². The number of nitrogens with one attached hydrogen (secondary N) is 1. The highest BCUT2D eigenvalue weighted by molar-refractivity contribution is 4.75. The molecule has 1 heterocycles. The van der Waals surface area contributed by atoms with Gasteiger partial charge in [0.15, 0.2) is 0 Å². The first-order chi connectivity index (χ1) is 5.68. The molecular weight excluding hydrogens is 152 g/mol. The van der Waals surface area contributed by atoms with Crippen LogP contribution < -0.4 is 11.1 Å². The van der Waals surface area contributed by atoms with Crippen LogP contribution in [0.3, 0.4) is 0 Å². The van der Waals surface area contributed by atoms with E-state index >= 15 is 0 Å². The molecule has 3 N–H and O–H groups in total. The molecule has 0 aromatic carbocycles. The van der Waals surface area contributed by atoms with Gasteiger partial charge in [-0.05, 0) is 33.2 Å². The first-order valence-corrected chi connectivity index (χ1v) is 4.79. The fourth-order valence-electron chi connectivity index (χ4n) is 1.53. The second kappa shape index (κ2) is 4.80. The van der Waals surface area contributed by atoms with Crippen molar-refractivity contribution in [1.29, 1.82) is 0 Å². The monoisotopic (exact) mass is 172 g/mol. The van der Waals surface area contributed by atoms with Crippen LogP contribution in [0.4, 0.5) is 0 Å². The van der Waals surface area contributed by atoms with E-state index in [9.17, 15) is 0 Å². The zero-order valence-electron chi connectivity index (χ0n) is 8.05. The van der Waals surface area contributed by atoms with Crippen LogP contribution in [-0.2, 0) is 4.74 Å². The van der Waals surface area contributed by atoms with Crippen molar-refractivity contribution < 1.29 is 4.74 Å². The molecule has 0 saturated carbocycles. The molecule has 3 heteroatoms. The van der Waals surface area contributed by atoms with Crippen molar-refractivity contribution in [3.05, 3.63) is 0 Å². The fourth-order valence-corrected chi connectivity index (χ4v) is 1.53. The molecule has 0 aromatic heterocycles. The van der Waals surface area contributed by atoms with Crippen LogP contribution in [0.15, 0.2) is 0 Å². The number of nitrogens with two attached hydrogens (primary N) is 1. The lowest BCUT2D eigenvalue weighted by Crippen LogP contribution is -2.40. The summed E-state index contributed by atoms with van der Waals surface area (Å²) in [5.74, 6) is 0. The summed E-state index contributed by atoms with van der Waals surface area (Å²) in [6.45, 7) is 5.94. The van der Waals surface area contributed by atoms with Crippen LogP contribution in [0.1, 0.15) is 26.7 Å². The van der Waals surface area contributed by atoms with E-state index in [4.69, 9.17) is 10.5 Å². The van der Waals surface area contributed by atoms with Gasteiger partial charge in [0, 0.05) is 12.1 Å². The predicted molar refractivity (Wildman–Crippen MR) is 50.1 cm³/mol. The molecule has 3 atom stereocenters. The Morgan fingerprint density at radius 3 is 3.00 bits per heavy atom. The topological polar surface area (TPSA) is 47.3 Å². The average molecular weight is 172 g/mol. The van der Waals surface area contributed by atoms with Gasteiger partial charge in [0.2, 0.25) is 0 Å². The molecule has 3 nitrogen and oxygen atoms in total. The molecule has 0 bridgehead atoms. The zero-order chi connectivity index (χ0) is 8.97. The summed E-state index contributed by atoms with van der Waals surface area (Å²) in [5, 5.41) is 3.39. The minimum atomic E-state index is 0.162. The van der Waals surface area contributed by atoms with Crippen LogP contribution in [0.2, 0.25) is 0 Å². The van der Waals surface area contributed by atoms with E-state index in [1.807, 2.05) is 6.92 Å². The Labute approximate surface area is 74.7 Å². The third-order valence-electron chi connectivity index (χ3n) is 2.17. The van der Waals surface area contributed by atoms with Crippen molar-refractivity contribution >= 4 is 0 Å². The van der Waals surface area contributed by atoms with Gasteiger partial charge < -0.3 is 15.8 Å². The molecule has 1 fully saturated rings. The first-order valence-electron chi connectivity index (χ1n) is 4.79. The summed E-state index contributed by atoms with van der Waals surface area (Å²) in [6, 6.07) is 0.757. The van der Waals surface area contributed by atoms with Crippen LogP contribution in [-0.4, -0.2) is 31.3 Å². The van der Waals surface area contributed by atoms with E-state index in [-0.39, 0.29) is 6.04 Å². The number of rotatable bonds is 3. The van der Waals surface area contributed by atoms with E-state index in [0.29, 0.717) is 18.8 Å². The molecule has 0 radical (unpaired) electrons. The number of hydrogen-bond donors (Lipinski definition) is 2. The molecule has 12 heavy (non-hydrogen) atoms. The lowest BCUT2D eigenvalue weighted by molar-refractivity contribution is 0.0186. The van der Waals surface area contributed by atoms with Crippen LogP contribution in [0, 0.1) is 0 Å². The SMILES string of the molecule is CC(N)COC1CCNC(C)C1. The van der Waals surface area contributed by atoms with Crippen molar-refractivity contribution in [2.24, 2.45) is 5.73 Å². The Bertz CT molecular complexity index is 128. The molecule has 0 amide bonds. The molecule has 1 saturated heterocycles. The van der Waals surface area contributed by atoms with E-state index in [1.54, 1.807) is 0 Å². The molecule has 0 aromatic rings. The van der Waals surface area contributed by atoms with Gasteiger partial charge in [-0.2, -0.15) is 0 Å². The van der Waals surface area contributed by atoms with Gasteiger partial charge in [0.1, 0.15) is 0 Å². The highest BCUT2D eigenvalue weighted by atomic mass is 16.5. The summed E-state index contributed by atoms with van der Waals surface area (Å²) in [4.78, 5) is 0. The maximum atomic E-state index is 5.65. The number of piperidine rings is 1. The lowest BCUT2D eigenvalue weighted by atomic mass is 10.0. The lowest BCUT2D eigenvalue weighted by Gasteiger charge is -2.28. The quantitative estimate of drug-likeness (QED) is 0.651. The maximum absolute atomic E-state index is 5.65. The van der Waals surface area contributed by atoms with Gasteiger partial charge >= 0.3 is 0 Å². The summed E-state index contributed by atoms with van der Waals surface area (Å²) < 4.78 is 5.65. The van der Waals surface area contributed by atoms with E-state index in [2.05, 4.69) is 12.2 Å². The standard InChI is InChI=1S/C9H20N2O/c1-7(10)6-12-9-3-4-11-8(2)5-9/h7-9,11H,3-6,10H2,1-2H3. The second-order valence-corrected chi connectivity index (χ2v) is 3.81. The van der Waals surface area contributed by atoms with E-state index < -0.39 is 0 Å². The Morgan fingerprint density at radius 1 is 1.67 bits per heavy atom. The van der Waals surface area contributed by atoms with Crippen molar-refractivity contribution in [2.75, 3.05) is 13.2 Å². The number of ether oxygens (including phenoxy) is 1. The summed E-state index contributed by atoms with van der Waals surface area (Å²) >= 11 is 0. The van der Waals surface area contributed by atoms with Gasteiger partial charge in [-0.3, -0.25) is 0 Å². The van der Waals surface area contributed by atoms with Crippen LogP contribution in [0.25, 0.3) is 0 Å². The average Bonchev–Trinajstić information content (AvgIpc) is 2.01. The first kappa shape index (κ1) is 9.96. The fraction of sp³-hybridized carbons (Fsp3) is 1.00. The highest BCUT2D eigenvalue weighted by Gasteiger charge is 2.18. The molecule has 0 aliphatic carbocycles. The molecule has 1 aliphatic heterocycles. The van der Waals surface area contributed by atoms with Gasteiger partial charge in [-0.1, -0.05) is 0 Å². The smallest absolute Gasteiger partial charge is 0.0618 e. The third kappa shape index (κ3) is 3.52. The normalized spacial score (nSPS) is 33.2. The van der Waals surface area contributed by atoms with Gasteiger partial charge in [-0.15, -0.1) is 0 Å². The largest absolute Gasteiger partial charge is 0.377 e. The van der Waals surface area contributed by atoms with Crippen molar-refractivity contribution in [3.63, 3.8) is 0 Å². The molecule has 1 rings (SSSR count). The van der Waals surface area contributed by atoms with Gasteiger partial charge in [0.05, 0.1) is 12.7 Å². The van der Waals surface area contributed by atoms with Crippen molar-refractivity contribution in [3.8, 4) is 0 Å². The number of hydrogen-bond acceptors (Lipinski definition) is 3. The van der Waals surface area contributed by atoms with Gasteiger partial charge in [-0.25, -0.2) is 0 Å². The molecule has 0 spiro atoms.